The second-order valence-electron chi connectivity index (χ2n) is 3.23. The van der Waals surface area contributed by atoms with Crippen LogP contribution >= 0.6 is 11.6 Å². The SMILES string of the molecule is NCCc1nc(N)nc2ccc(Cl)cc12. The first-order chi connectivity index (χ1) is 7.20. The van der Waals surface area contributed by atoms with Crippen LogP contribution in [0.2, 0.25) is 5.02 Å². The highest BCUT2D eigenvalue weighted by Gasteiger charge is 2.05. The summed E-state index contributed by atoms with van der Waals surface area (Å²) in [6.45, 7) is 0.526. The monoisotopic (exact) mass is 222 g/mol. The standard InChI is InChI=1S/C10H11ClN4/c11-6-1-2-8-7(5-6)9(3-4-12)15-10(13)14-8/h1-2,5H,3-4,12H2,(H2,13,14,15). The molecular formula is C10H11ClN4. The number of hydrogen-bond donors (Lipinski definition) is 2. The fraction of sp³-hybridized carbons (Fsp3) is 0.200. The highest BCUT2D eigenvalue weighted by molar-refractivity contribution is 6.31. The average molecular weight is 223 g/mol. The number of benzene rings is 1. The first-order valence-electron chi connectivity index (χ1n) is 4.62. The van der Waals surface area contributed by atoms with E-state index in [0.717, 1.165) is 16.6 Å². The van der Waals surface area contributed by atoms with E-state index in [4.69, 9.17) is 23.1 Å². The summed E-state index contributed by atoms with van der Waals surface area (Å²) in [6.07, 6.45) is 0.670. The van der Waals surface area contributed by atoms with Crippen LogP contribution < -0.4 is 11.5 Å². The van der Waals surface area contributed by atoms with E-state index >= 15 is 0 Å². The Hall–Kier alpha value is -1.39. The lowest BCUT2D eigenvalue weighted by molar-refractivity contribution is 0.930. The lowest BCUT2D eigenvalue weighted by atomic mass is 10.1. The van der Waals surface area contributed by atoms with Crippen molar-refractivity contribution in [1.29, 1.82) is 0 Å². The number of halogens is 1. The summed E-state index contributed by atoms with van der Waals surface area (Å²) >= 11 is 5.91. The highest BCUT2D eigenvalue weighted by Crippen LogP contribution is 2.21. The molecule has 78 valence electrons. The molecule has 0 fully saturated rings. The summed E-state index contributed by atoms with van der Waals surface area (Å²) in [4.78, 5) is 8.29. The molecule has 0 saturated heterocycles. The number of aromatic nitrogens is 2. The van der Waals surface area contributed by atoms with E-state index in [-0.39, 0.29) is 5.95 Å². The lowest BCUT2D eigenvalue weighted by Gasteiger charge is -2.05. The molecule has 4 N–H and O–H groups in total. The molecular weight excluding hydrogens is 212 g/mol. The molecule has 1 aromatic carbocycles. The van der Waals surface area contributed by atoms with Crippen molar-refractivity contribution in [3.63, 3.8) is 0 Å². The molecule has 5 heteroatoms. The van der Waals surface area contributed by atoms with Gasteiger partial charge in [0.05, 0.1) is 11.2 Å². The molecule has 0 aliphatic heterocycles. The Labute approximate surface area is 92.3 Å². The summed E-state index contributed by atoms with van der Waals surface area (Å²) in [5.41, 5.74) is 12.8. The van der Waals surface area contributed by atoms with E-state index in [1.807, 2.05) is 12.1 Å². The van der Waals surface area contributed by atoms with Gasteiger partial charge in [-0.25, -0.2) is 9.97 Å². The summed E-state index contributed by atoms with van der Waals surface area (Å²) in [7, 11) is 0. The zero-order valence-electron chi connectivity index (χ0n) is 8.07. The molecule has 0 aliphatic carbocycles. The van der Waals surface area contributed by atoms with Gasteiger partial charge in [0.15, 0.2) is 0 Å². The number of rotatable bonds is 2. The van der Waals surface area contributed by atoms with Crippen molar-refractivity contribution in [3.05, 3.63) is 28.9 Å². The van der Waals surface area contributed by atoms with Gasteiger partial charge in [-0.2, -0.15) is 0 Å². The van der Waals surface area contributed by atoms with Crippen molar-refractivity contribution in [2.75, 3.05) is 12.3 Å². The van der Waals surface area contributed by atoms with Gasteiger partial charge in [-0.1, -0.05) is 11.6 Å². The van der Waals surface area contributed by atoms with Crippen molar-refractivity contribution < 1.29 is 0 Å². The molecule has 1 heterocycles. The first kappa shape index (κ1) is 10.1. The fourth-order valence-corrected chi connectivity index (χ4v) is 1.68. The van der Waals surface area contributed by atoms with Crippen LogP contribution in [0, 0.1) is 0 Å². The maximum atomic E-state index is 5.91. The van der Waals surface area contributed by atoms with E-state index < -0.39 is 0 Å². The normalized spacial score (nSPS) is 10.8. The third-order valence-electron chi connectivity index (χ3n) is 2.14. The molecule has 1 aromatic heterocycles. The Morgan fingerprint density at radius 3 is 2.80 bits per heavy atom. The molecule has 0 radical (unpaired) electrons. The second kappa shape index (κ2) is 4.00. The van der Waals surface area contributed by atoms with Crippen LogP contribution in [0.15, 0.2) is 18.2 Å². The largest absolute Gasteiger partial charge is 0.368 e. The number of nitrogens with zero attached hydrogens (tertiary/aromatic N) is 2. The lowest BCUT2D eigenvalue weighted by Crippen LogP contribution is -2.07. The predicted octanol–water partition coefficient (Wildman–Crippen LogP) is 1.37. The molecule has 0 unspecified atom stereocenters. The van der Waals surface area contributed by atoms with Crippen molar-refractivity contribution in [2.45, 2.75) is 6.42 Å². The van der Waals surface area contributed by atoms with E-state index in [1.165, 1.54) is 0 Å². The summed E-state index contributed by atoms with van der Waals surface area (Å²) in [5, 5.41) is 1.58. The summed E-state index contributed by atoms with van der Waals surface area (Å²) in [5.74, 6) is 0.272. The summed E-state index contributed by atoms with van der Waals surface area (Å²) in [6, 6.07) is 5.44. The highest BCUT2D eigenvalue weighted by atomic mass is 35.5. The van der Waals surface area contributed by atoms with Gasteiger partial charge in [0.25, 0.3) is 0 Å². The minimum absolute atomic E-state index is 0.272. The van der Waals surface area contributed by atoms with Gasteiger partial charge < -0.3 is 11.5 Å². The van der Waals surface area contributed by atoms with Gasteiger partial charge in [0.2, 0.25) is 5.95 Å². The number of fused-ring (bicyclic) bond motifs is 1. The maximum Gasteiger partial charge on any atom is 0.220 e. The van der Waals surface area contributed by atoms with E-state index in [2.05, 4.69) is 9.97 Å². The van der Waals surface area contributed by atoms with E-state index in [1.54, 1.807) is 6.07 Å². The predicted molar refractivity (Wildman–Crippen MR) is 61.7 cm³/mol. The molecule has 4 nitrogen and oxygen atoms in total. The number of nitrogens with two attached hydrogens (primary N) is 2. The zero-order chi connectivity index (χ0) is 10.8. The van der Waals surface area contributed by atoms with Crippen molar-refractivity contribution in [1.82, 2.24) is 9.97 Å². The topological polar surface area (TPSA) is 77.8 Å². The van der Waals surface area contributed by atoms with Gasteiger partial charge in [-0.15, -0.1) is 0 Å². The quantitative estimate of drug-likeness (QED) is 0.805. The Kier molecular flexibility index (Phi) is 2.70. The van der Waals surface area contributed by atoms with Crippen molar-refractivity contribution in [3.8, 4) is 0 Å². The third kappa shape index (κ3) is 2.00. The number of hydrogen-bond acceptors (Lipinski definition) is 4. The number of nitrogen functional groups attached to an aromatic ring is 1. The van der Waals surface area contributed by atoms with Crippen LogP contribution in [0.1, 0.15) is 5.69 Å². The molecule has 0 aliphatic rings. The van der Waals surface area contributed by atoms with E-state index in [0.29, 0.717) is 18.0 Å². The first-order valence-corrected chi connectivity index (χ1v) is 5.00. The van der Waals surface area contributed by atoms with Crippen molar-refractivity contribution >= 4 is 28.5 Å². The number of anilines is 1. The van der Waals surface area contributed by atoms with Gasteiger partial charge >= 0.3 is 0 Å². The molecule has 0 amide bonds. The maximum absolute atomic E-state index is 5.91. The Morgan fingerprint density at radius 2 is 2.07 bits per heavy atom. The fourth-order valence-electron chi connectivity index (χ4n) is 1.51. The molecule has 0 spiro atoms. The van der Waals surface area contributed by atoms with Crippen LogP contribution in [0.4, 0.5) is 5.95 Å². The van der Waals surface area contributed by atoms with Crippen LogP contribution in [-0.4, -0.2) is 16.5 Å². The second-order valence-corrected chi connectivity index (χ2v) is 3.67. The molecule has 15 heavy (non-hydrogen) atoms. The van der Waals surface area contributed by atoms with Crippen LogP contribution in [0.3, 0.4) is 0 Å². The average Bonchev–Trinajstić information content (AvgIpc) is 2.19. The van der Waals surface area contributed by atoms with Gasteiger partial charge in [0, 0.05) is 16.8 Å². The zero-order valence-corrected chi connectivity index (χ0v) is 8.83. The van der Waals surface area contributed by atoms with Crippen molar-refractivity contribution in [2.24, 2.45) is 5.73 Å². The molecule has 0 atom stereocenters. The summed E-state index contributed by atoms with van der Waals surface area (Å²) < 4.78 is 0. The molecule has 0 bridgehead atoms. The van der Waals surface area contributed by atoms with Crippen LogP contribution in [0.5, 0.6) is 0 Å². The van der Waals surface area contributed by atoms with Gasteiger partial charge in [-0.05, 0) is 24.7 Å². The molecule has 2 rings (SSSR count). The third-order valence-corrected chi connectivity index (χ3v) is 2.37. The van der Waals surface area contributed by atoms with Gasteiger partial charge in [0.1, 0.15) is 0 Å². The van der Waals surface area contributed by atoms with Gasteiger partial charge in [-0.3, -0.25) is 0 Å². The Balaban J connectivity index is 2.70. The van der Waals surface area contributed by atoms with Crippen LogP contribution in [-0.2, 0) is 6.42 Å². The van der Waals surface area contributed by atoms with Crippen LogP contribution in [0.25, 0.3) is 10.9 Å². The minimum atomic E-state index is 0.272. The molecule has 2 aromatic rings. The van der Waals surface area contributed by atoms with E-state index in [9.17, 15) is 0 Å². The molecule has 0 saturated carbocycles. The Bertz CT molecular complexity index is 498. The Morgan fingerprint density at radius 1 is 1.27 bits per heavy atom. The smallest absolute Gasteiger partial charge is 0.220 e. The minimum Gasteiger partial charge on any atom is -0.368 e.